The molecule has 0 saturated carbocycles. The molecule has 80 valence electrons. The van der Waals surface area contributed by atoms with Crippen LogP contribution < -0.4 is 10.6 Å². The molecule has 0 amide bonds. The lowest BCUT2D eigenvalue weighted by atomic mass is 10.3. The lowest BCUT2D eigenvalue weighted by Gasteiger charge is -2.07. The number of fused-ring (bicyclic) bond motifs is 1. The van der Waals surface area contributed by atoms with Gasteiger partial charge in [0.15, 0.2) is 0 Å². The summed E-state index contributed by atoms with van der Waals surface area (Å²) in [6.07, 6.45) is 1.27. The van der Waals surface area contributed by atoms with E-state index in [1.165, 1.54) is 4.85 Å². The molecular formula is C10H13N3O2. The van der Waals surface area contributed by atoms with E-state index in [0.29, 0.717) is 13.0 Å². The average molecular weight is 207 g/mol. The van der Waals surface area contributed by atoms with Gasteiger partial charge in [-0.15, -0.1) is 5.10 Å². The lowest BCUT2D eigenvalue weighted by Crippen LogP contribution is -2.24. The second kappa shape index (κ2) is 4.29. The standard InChI is InChI=1S/C10H13N3O2/c11-10(14)5-6-15-13-9-4-2-1-3-8(9)7-12-13/h1-4,7,10,14H,5-6,11H2. The van der Waals surface area contributed by atoms with Gasteiger partial charge in [-0.3, -0.25) is 0 Å². The average Bonchev–Trinajstić information content (AvgIpc) is 2.62. The van der Waals surface area contributed by atoms with Crippen molar-refractivity contribution in [2.75, 3.05) is 6.61 Å². The number of hydrogen-bond donors (Lipinski definition) is 2. The molecular weight excluding hydrogens is 194 g/mol. The second-order valence-electron chi connectivity index (χ2n) is 3.27. The molecule has 0 fully saturated rings. The Bertz CT molecular complexity index is 439. The summed E-state index contributed by atoms with van der Waals surface area (Å²) in [5.74, 6) is 0. The molecule has 0 radical (unpaired) electrons. The molecule has 0 aliphatic heterocycles. The number of benzene rings is 1. The quantitative estimate of drug-likeness (QED) is 0.699. The third-order valence-electron chi connectivity index (χ3n) is 2.07. The molecule has 0 bridgehead atoms. The van der Waals surface area contributed by atoms with E-state index < -0.39 is 6.23 Å². The summed E-state index contributed by atoms with van der Waals surface area (Å²) in [4.78, 5) is 6.78. The Hall–Kier alpha value is -1.59. The van der Waals surface area contributed by atoms with E-state index in [0.717, 1.165) is 10.9 Å². The molecule has 2 aromatic rings. The van der Waals surface area contributed by atoms with Crippen LogP contribution in [0.5, 0.6) is 0 Å². The molecule has 0 saturated heterocycles. The second-order valence-corrected chi connectivity index (χ2v) is 3.27. The monoisotopic (exact) mass is 207 g/mol. The van der Waals surface area contributed by atoms with Crippen LogP contribution in [-0.4, -0.2) is 27.9 Å². The predicted molar refractivity (Wildman–Crippen MR) is 56.0 cm³/mol. The van der Waals surface area contributed by atoms with Crippen molar-refractivity contribution < 1.29 is 9.94 Å². The maximum absolute atomic E-state index is 8.86. The van der Waals surface area contributed by atoms with Gasteiger partial charge in [0.05, 0.1) is 6.20 Å². The van der Waals surface area contributed by atoms with Gasteiger partial charge in [-0.25, -0.2) is 0 Å². The number of aliphatic hydroxyl groups is 1. The highest BCUT2D eigenvalue weighted by molar-refractivity contribution is 5.77. The minimum absolute atomic E-state index is 0.337. The van der Waals surface area contributed by atoms with Crippen LogP contribution in [0.15, 0.2) is 30.5 Å². The van der Waals surface area contributed by atoms with Gasteiger partial charge < -0.3 is 15.7 Å². The van der Waals surface area contributed by atoms with Gasteiger partial charge in [-0.2, -0.15) is 0 Å². The first-order chi connectivity index (χ1) is 7.27. The molecule has 0 spiro atoms. The Labute approximate surface area is 87.0 Å². The van der Waals surface area contributed by atoms with Gasteiger partial charge in [0, 0.05) is 11.8 Å². The number of nitrogens with two attached hydrogens (primary N) is 1. The van der Waals surface area contributed by atoms with E-state index in [4.69, 9.17) is 15.7 Å². The summed E-state index contributed by atoms with van der Waals surface area (Å²) in [5, 5.41) is 13.9. The SMILES string of the molecule is NC(O)CCOn1ncc2ccccc21. The maximum atomic E-state index is 8.86. The highest BCUT2D eigenvalue weighted by atomic mass is 16.7. The van der Waals surface area contributed by atoms with Gasteiger partial charge in [0.1, 0.15) is 18.4 Å². The molecule has 1 unspecified atom stereocenters. The fraction of sp³-hybridized carbons (Fsp3) is 0.300. The van der Waals surface area contributed by atoms with Crippen LogP contribution in [-0.2, 0) is 0 Å². The van der Waals surface area contributed by atoms with Crippen molar-refractivity contribution in [3.05, 3.63) is 30.5 Å². The number of para-hydroxylation sites is 1. The molecule has 0 aliphatic carbocycles. The van der Waals surface area contributed by atoms with Crippen LogP contribution in [0.3, 0.4) is 0 Å². The Morgan fingerprint density at radius 3 is 3.07 bits per heavy atom. The molecule has 1 aromatic heterocycles. The van der Waals surface area contributed by atoms with Crippen molar-refractivity contribution in [2.24, 2.45) is 5.73 Å². The van der Waals surface area contributed by atoms with Gasteiger partial charge >= 0.3 is 0 Å². The molecule has 1 aromatic carbocycles. The fourth-order valence-corrected chi connectivity index (χ4v) is 1.31. The van der Waals surface area contributed by atoms with Crippen LogP contribution in [0.25, 0.3) is 10.9 Å². The van der Waals surface area contributed by atoms with Gasteiger partial charge in [0.25, 0.3) is 0 Å². The van der Waals surface area contributed by atoms with Crippen LogP contribution in [0.1, 0.15) is 6.42 Å². The Kier molecular flexibility index (Phi) is 2.84. The van der Waals surface area contributed by atoms with Crippen molar-refractivity contribution in [1.82, 2.24) is 9.94 Å². The number of aromatic nitrogens is 2. The summed E-state index contributed by atoms with van der Waals surface area (Å²) in [6, 6.07) is 7.74. The van der Waals surface area contributed by atoms with Crippen LogP contribution in [0.4, 0.5) is 0 Å². The number of hydrogen-bond acceptors (Lipinski definition) is 4. The van der Waals surface area contributed by atoms with E-state index in [2.05, 4.69) is 5.10 Å². The van der Waals surface area contributed by atoms with E-state index >= 15 is 0 Å². The number of nitrogens with zero attached hydrogens (tertiary/aromatic N) is 2. The molecule has 1 atom stereocenters. The van der Waals surface area contributed by atoms with Crippen molar-refractivity contribution in [3.8, 4) is 0 Å². The van der Waals surface area contributed by atoms with Crippen molar-refractivity contribution >= 4 is 10.9 Å². The Morgan fingerprint density at radius 2 is 2.27 bits per heavy atom. The molecule has 0 aliphatic rings. The smallest absolute Gasteiger partial charge is 0.120 e. The zero-order chi connectivity index (χ0) is 10.7. The molecule has 1 heterocycles. The third kappa shape index (κ3) is 2.26. The predicted octanol–water partition coefficient (Wildman–Crippen LogP) is 0.132. The normalized spacial score (nSPS) is 12.9. The first-order valence-corrected chi connectivity index (χ1v) is 4.77. The first kappa shape index (κ1) is 9.95. The third-order valence-corrected chi connectivity index (χ3v) is 2.07. The summed E-state index contributed by atoms with van der Waals surface area (Å²) >= 11 is 0. The largest absolute Gasteiger partial charge is 0.396 e. The van der Waals surface area contributed by atoms with Crippen LogP contribution in [0.2, 0.25) is 0 Å². The van der Waals surface area contributed by atoms with Crippen molar-refractivity contribution in [1.29, 1.82) is 0 Å². The molecule has 3 N–H and O–H groups in total. The first-order valence-electron chi connectivity index (χ1n) is 4.77. The zero-order valence-corrected chi connectivity index (χ0v) is 8.21. The maximum Gasteiger partial charge on any atom is 0.120 e. The van der Waals surface area contributed by atoms with Gasteiger partial charge in [-0.1, -0.05) is 23.0 Å². The van der Waals surface area contributed by atoms with Crippen LogP contribution in [0, 0.1) is 0 Å². The fourth-order valence-electron chi connectivity index (χ4n) is 1.31. The molecule has 5 nitrogen and oxygen atoms in total. The summed E-state index contributed by atoms with van der Waals surface area (Å²) in [5.41, 5.74) is 6.10. The minimum atomic E-state index is -0.841. The Balaban J connectivity index is 2.08. The van der Waals surface area contributed by atoms with Crippen LogP contribution >= 0.6 is 0 Å². The zero-order valence-electron chi connectivity index (χ0n) is 8.21. The number of aliphatic hydroxyl groups excluding tert-OH is 1. The van der Waals surface area contributed by atoms with Gasteiger partial charge in [-0.05, 0) is 6.07 Å². The molecule has 2 rings (SSSR count). The van der Waals surface area contributed by atoms with E-state index in [1.54, 1.807) is 6.20 Å². The molecule has 15 heavy (non-hydrogen) atoms. The highest BCUT2D eigenvalue weighted by Crippen LogP contribution is 2.10. The topological polar surface area (TPSA) is 73.3 Å². The van der Waals surface area contributed by atoms with E-state index in [-0.39, 0.29) is 0 Å². The van der Waals surface area contributed by atoms with E-state index in [1.807, 2.05) is 24.3 Å². The van der Waals surface area contributed by atoms with Crippen molar-refractivity contribution in [2.45, 2.75) is 12.6 Å². The molecule has 5 heteroatoms. The van der Waals surface area contributed by atoms with Gasteiger partial charge in [0.2, 0.25) is 0 Å². The summed E-state index contributed by atoms with van der Waals surface area (Å²) in [7, 11) is 0. The number of rotatable bonds is 4. The summed E-state index contributed by atoms with van der Waals surface area (Å²) in [6.45, 7) is 0.337. The Morgan fingerprint density at radius 1 is 1.47 bits per heavy atom. The van der Waals surface area contributed by atoms with E-state index in [9.17, 15) is 0 Å². The summed E-state index contributed by atoms with van der Waals surface area (Å²) < 4.78 is 0. The highest BCUT2D eigenvalue weighted by Gasteiger charge is 2.02. The lowest BCUT2D eigenvalue weighted by molar-refractivity contribution is 0.0594. The minimum Gasteiger partial charge on any atom is -0.396 e. The van der Waals surface area contributed by atoms with Crippen molar-refractivity contribution in [3.63, 3.8) is 0 Å².